The molecule has 0 heterocycles. The summed E-state index contributed by atoms with van der Waals surface area (Å²) in [7, 11) is 0. The van der Waals surface area contributed by atoms with E-state index in [0.29, 0.717) is 11.3 Å². The Labute approximate surface area is 156 Å². The van der Waals surface area contributed by atoms with Gasteiger partial charge in [-0.3, -0.25) is 9.59 Å². The predicted molar refractivity (Wildman–Crippen MR) is 103 cm³/mol. The molecule has 4 nitrogen and oxygen atoms in total. The second-order valence-electron chi connectivity index (χ2n) is 5.44. The molecule has 3 aromatic rings. The summed E-state index contributed by atoms with van der Waals surface area (Å²) in [5, 5.41) is 2.88. The highest BCUT2D eigenvalue weighted by molar-refractivity contribution is 7.99. The van der Waals surface area contributed by atoms with Crippen molar-refractivity contribution in [2.24, 2.45) is 0 Å². The third-order valence-electron chi connectivity index (χ3n) is 3.52. The highest BCUT2D eigenvalue weighted by Gasteiger charge is 2.09. The van der Waals surface area contributed by atoms with Crippen molar-refractivity contribution in [1.29, 1.82) is 0 Å². The van der Waals surface area contributed by atoms with Crippen molar-refractivity contribution in [1.82, 2.24) is 0 Å². The summed E-state index contributed by atoms with van der Waals surface area (Å²) >= 11 is 1.59. The van der Waals surface area contributed by atoms with Gasteiger partial charge in [0.15, 0.2) is 6.61 Å². The van der Waals surface area contributed by atoms with Crippen molar-refractivity contribution < 1.29 is 14.3 Å². The fourth-order valence-corrected chi connectivity index (χ4v) is 3.17. The van der Waals surface area contributed by atoms with Crippen molar-refractivity contribution in [2.75, 3.05) is 11.9 Å². The van der Waals surface area contributed by atoms with Crippen molar-refractivity contribution in [2.45, 2.75) is 9.79 Å². The first-order chi connectivity index (χ1) is 12.7. The van der Waals surface area contributed by atoms with E-state index in [1.165, 1.54) is 0 Å². The Hall–Kier alpha value is -3.05. The Morgan fingerprint density at radius 1 is 0.923 bits per heavy atom. The number of carbonyl (C=O) groups is 2. The molecule has 1 amide bonds. The summed E-state index contributed by atoms with van der Waals surface area (Å²) < 4.78 is 5.46. The zero-order chi connectivity index (χ0) is 18.2. The van der Waals surface area contributed by atoms with Gasteiger partial charge in [0.1, 0.15) is 12.0 Å². The molecule has 3 aromatic carbocycles. The standard InChI is InChI=1S/C21H17NO3S/c23-14-16-10-12-17(13-11-16)25-15-21(24)22-19-8-4-5-9-20(19)26-18-6-2-1-3-7-18/h1-14H,15H2,(H,22,24). The molecule has 0 fully saturated rings. The molecular weight excluding hydrogens is 346 g/mol. The van der Waals surface area contributed by atoms with Gasteiger partial charge in [-0.2, -0.15) is 0 Å². The zero-order valence-corrected chi connectivity index (χ0v) is 14.7. The summed E-state index contributed by atoms with van der Waals surface area (Å²) in [6, 6.07) is 24.2. The largest absolute Gasteiger partial charge is 0.484 e. The van der Waals surface area contributed by atoms with Crippen molar-refractivity contribution in [3.05, 3.63) is 84.4 Å². The van der Waals surface area contributed by atoms with Gasteiger partial charge < -0.3 is 10.1 Å². The van der Waals surface area contributed by atoms with E-state index in [1.807, 2.05) is 54.6 Å². The lowest BCUT2D eigenvalue weighted by atomic mass is 10.2. The number of carbonyl (C=O) groups excluding carboxylic acids is 2. The molecule has 0 aliphatic rings. The van der Waals surface area contributed by atoms with E-state index >= 15 is 0 Å². The average molecular weight is 363 g/mol. The van der Waals surface area contributed by atoms with Gasteiger partial charge in [0.2, 0.25) is 0 Å². The number of benzene rings is 3. The van der Waals surface area contributed by atoms with E-state index in [2.05, 4.69) is 5.32 Å². The van der Waals surface area contributed by atoms with E-state index in [4.69, 9.17) is 4.74 Å². The fraction of sp³-hybridized carbons (Fsp3) is 0.0476. The molecule has 0 aromatic heterocycles. The Kier molecular flexibility index (Phi) is 6.06. The number of aldehydes is 1. The van der Waals surface area contributed by atoms with Gasteiger partial charge in [-0.25, -0.2) is 0 Å². The van der Waals surface area contributed by atoms with E-state index in [0.717, 1.165) is 21.8 Å². The minimum absolute atomic E-state index is 0.106. The summed E-state index contributed by atoms with van der Waals surface area (Å²) in [5.74, 6) is 0.295. The molecule has 5 heteroatoms. The maximum absolute atomic E-state index is 12.2. The average Bonchev–Trinajstić information content (AvgIpc) is 2.69. The molecule has 0 atom stereocenters. The number of anilines is 1. The van der Waals surface area contributed by atoms with E-state index in [1.54, 1.807) is 36.0 Å². The Morgan fingerprint density at radius 2 is 1.62 bits per heavy atom. The van der Waals surface area contributed by atoms with Crippen LogP contribution in [0, 0.1) is 0 Å². The fourth-order valence-electron chi connectivity index (χ4n) is 2.25. The Balaban J connectivity index is 1.61. The molecule has 3 rings (SSSR count). The summed E-state index contributed by atoms with van der Waals surface area (Å²) in [4.78, 5) is 24.9. The molecule has 0 unspecified atom stereocenters. The Bertz CT molecular complexity index is 879. The van der Waals surface area contributed by atoms with Crippen LogP contribution in [0.25, 0.3) is 0 Å². The van der Waals surface area contributed by atoms with Crippen LogP contribution in [-0.2, 0) is 4.79 Å². The van der Waals surface area contributed by atoms with Crippen LogP contribution < -0.4 is 10.1 Å². The summed E-state index contributed by atoms with van der Waals surface area (Å²) in [6.07, 6.45) is 0.762. The third-order valence-corrected chi connectivity index (χ3v) is 4.60. The normalized spacial score (nSPS) is 10.2. The SMILES string of the molecule is O=Cc1ccc(OCC(=O)Nc2ccccc2Sc2ccccc2)cc1. The second-order valence-corrected chi connectivity index (χ2v) is 6.55. The number of para-hydroxylation sites is 1. The molecule has 0 spiro atoms. The minimum atomic E-state index is -0.245. The Morgan fingerprint density at radius 3 is 2.35 bits per heavy atom. The van der Waals surface area contributed by atoms with Crippen molar-refractivity contribution in [3.8, 4) is 5.75 Å². The zero-order valence-electron chi connectivity index (χ0n) is 13.9. The lowest BCUT2D eigenvalue weighted by molar-refractivity contribution is -0.118. The summed E-state index contributed by atoms with van der Waals surface area (Å²) in [5.41, 5.74) is 1.31. The van der Waals surface area contributed by atoms with E-state index in [-0.39, 0.29) is 12.5 Å². The lowest BCUT2D eigenvalue weighted by Crippen LogP contribution is -2.20. The number of rotatable bonds is 7. The number of hydrogen-bond donors (Lipinski definition) is 1. The van der Waals surface area contributed by atoms with Crippen molar-refractivity contribution >= 4 is 29.6 Å². The van der Waals surface area contributed by atoms with Gasteiger partial charge in [-0.1, -0.05) is 42.1 Å². The minimum Gasteiger partial charge on any atom is -0.484 e. The number of amides is 1. The molecule has 0 radical (unpaired) electrons. The molecule has 26 heavy (non-hydrogen) atoms. The molecule has 0 saturated carbocycles. The molecule has 0 aliphatic carbocycles. The maximum atomic E-state index is 12.2. The first-order valence-electron chi connectivity index (χ1n) is 8.04. The second kappa shape index (κ2) is 8.87. The molecule has 0 saturated heterocycles. The maximum Gasteiger partial charge on any atom is 0.262 e. The number of ether oxygens (including phenoxy) is 1. The van der Waals surface area contributed by atoms with Crippen molar-refractivity contribution in [3.63, 3.8) is 0 Å². The van der Waals surface area contributed by atoms with Gasteiger partial charge in [-0.15, -0.1) is 0 Å². The van der Waals surface area contributed by atoms with Gasteiger partial charge >= 0.3 is 0 Å². The van der Waals surface area contributed by atoms with Crippen LogP contribution >= 0.6 is 11.8 Å². The first kappa shape index (κ1) is 17.8. The molecule has 0 bridgehead atoms. The van der Waals surface area contributed by atoms with Gasteiger partial charge in [0.05, 0.1) is 5.69 Å². The van der Waals surface area contributed by atoms with Gasteiger partial charge in [0, 0.05) is 15.4 Å². The highest BCUT2D eigenvalue weighted by Crippen LogP contribution is 2.33. The molecular formula is C21H17NO3S. The third kappa shape index (κ3) is 4.97. The van der Waals surface area contributed by atoms with E-state index in [9.17, 15) is 9.59 Å². The quantitative estimate of drug-likeness (QED) is 0.620. The van der Waals surface area contributed by atoms with Crippen LogP contribution in [0.15, 0.2) is 88.7 Å². The number of nitrogens with one attached hydrogen (secondary N) is 1. The topological polar surface area (TPSA) is 55.4 Å². The molecule has 0 aliphatic heterocycles. The molecule has 1 N–H and O–H groups in total. The van der Waals surface area contributed by atoms with Crippen LogP contribution in [-0.4, -0.2) is 18.8 Å². The van der Waals surface area contributed by atoms with Crippen LogP contribution in [0.2, 0.25) is 0 Å². The molecule has 130 valence electrons. The van der Waals surface area contributed by atoms with Gasteiger partial charge in [0.25, 0.3) is 5.91 Å². The van der Waals surface area contributed by atoms with Crippen LogP contribution in [0.5, 0.6) is 5.75 Å². The van der Waals surface area contributed by atoms with Crippen LogP contribution in [0.1, 0.15) is 10.4 Å². The number of hydrogen-bond acceptors (Lipinski definition) is 4. The van der Waals surface area contributed by atoms with Crippen LogP contribution in [0.4, 0.5) is 5.69 Å². The van der Waals surface area contributed by atoms with E-state index < -0.39 is 0 Å². The predicted octanol–water partition coefficient (Wildman–Crippen LogP) is 4.67. The lowest BCUT2D eigenvalue weighted by Gasteiger charge is -2.11. The summed E-state index contributed by atoms with van der Waals surface area (Å²) in [6.45, 7) is -0.106. The first-order valence-corrected chi connectivity index (χ1v) is 8.86. The smallest absolute Gasteiger partial charge is 0.262 e. The van der Waals surface area contributed by atoms with Crippen LogP contribution in [0.3, 0.4) is 0 Å². The monoisotopic (exact) mass is 363 g/mol. The van der Waals surface area contributed by atoms with Gasteiger partial charge in [-0.05, 0) is 48.5 Å². The highest BCUT2D eigenvalue weighted by atomic mass is 32.2.